The van der Waals surface area contributed by atoms with Crippen LogP contribution < -0.4 is 10.1 Å². The molecule has 0 saturated heterocycles. The first-order valence-electron chi connectivity index (χ1n) is 7.65. The fraction of sp³-hybridized carbons (Fsp3) is 0.111. The Balaban J connectivity index is 2.32. The molecule has 0 aromatic heterocycles. The largest absolute Gasteiger partial charge is 0.492 e. The fourth-order valence-corrected chi connectivity index (χ4v) is 3.53. The van der Waals surface area contributed by atoms with E-state index in [1.165, 1.54) is 30.3 Å². The highest BCUT2D eigenvalue weighted by atomic mass is 79.9. The van der Waals surface area contributed by atoms with E-state index in [2.05, 4.69) is 37.2 Å². The lowest BCUT2D eigenvalue weighted by molar-refractivity contribution is -0.384. The molecule has 0 spiro atoms. The molecule has 7 nitrogen and oxygen atoms in total. The van der Waals surface area contributed by atoms with Gasteiger partial charge in [-0.3, -0.25) is 14.9 Å². The van der Waals surface area contributed by atoms with Gasteiger partial charge in [-0.05, 0) is 53.2 Å². The number of ether oxygens (including phenoxy) is 1. The zero-order valence-electron chi connectivity index (χ0n) is 14.0. The summed E-state index contributed by atoms with van der Waals surface area (Å²) >= 11 is 6.76. The minimum Gasteiger partial charge on any atom is -0.492 e. The van der Waals surface area contributed by atoms with Gasteiger partial charge < -0.3 is 10.1 Å². The fourth-order valence-electron chi connectivity index (χ4n) is 2.15. The number of nitro groups is 1. The highest BCUT2D eigenvalue weighted by Gasteiger charge is 2.14. The first kappa shape index (κ1) is 20.6. The van der Waals surface area contributed by atoms with Gasteiger partial charge >= 0.3 is 0 Å². The number of non-ortho nitro benzene ring substituents is 1. The maximum absolute atomic E-state index is 12.4. The van der Waals surface area contributed by atoms with Crippen LogP contribution in [0.4, 0.5) is 11.4 Å². The third kappa shape index (κ3) is 5.39. The van der Waals surface area contributed by atoms with Crippen LogP contribution >= 0.6 is 31.9 Å². The smallest absolute Gasteiger partial charge is 0.269 e. The molecule has 2 aromatic rings. The van der Waals surface area contributed by atoms with Gasteiger partial charge in [0.1, 0.15) is 17.4 Å². The predicted octanol–water partition coefficient (Wildman–Crippen LogP) is 5.06. The monoisotopic (exact) mass is 493 g/mol. The molecular weight excluding hydrogens is 482 g/mol. The quantitative estimate of drug-likeness (QED) is 0.261. The lowest BCUT2D eigenvalue weighted by atomic mass is 10.1. The van der Waals surface area contributed by atoms with Crippen LogP contribution in [-0.4, -0.2) is 17.4 Å². The van der Waals surface area contributed by atoms with Crippen LogP contribution in [0.1, 0.15) is 12.5 Å². The molecule has 0 aliphatic heterocycles. The molecule has 0 atom stereocenters. The minimum absolute atomic E-state index is 0.0932. The number of carbonyl (C=O) groups is 1. The number of nitrogens with zero attached hydrogens (tertiary/aromatic N) is 2. The summed E-state index contributed by atoms with van der Waals surface area (Å²) in [6.45, 7) is 2.24. The van der Waals surface area contributed by atoms with Crippen molar-refractivity contribution in [2.75, 3.05) is 11.9 Å². The van der Waals surface area contributed by atoms with Crippen molar-refractivity contribution in [3.05, 3.63) is 66.6 Å². The molecule has 1 N–H and O–H groups in total. The van der Waals surface area contributed by atoms with Gasteiger partial charge in [-0.15, -0.1) is 0 Å². The predicted molar refractivity (Wildman–Crippen MR) is 108 cm³/mol. The second-order valence-electron chi connectivity index (χ2n) is 5.17. The highest BCUT2D eigenvalue weighted by Crippen LogP contribution is 2.34. The number of hydrogen-bond donors (Lipinski definition) is 1. The summed E-state index contributed by atoms with van der Waals surface area (Å²) in [5.74, 6) is -0.124. The molecule has 1 amide bonds. The second-order valence-corrected chi connectivity index (χ2v) is 6.94. The van der Waals surface area contributed by atoms with Crippen molar-refractivity contribution in [1.29, 1.82) is 5.26 Å². The van der Waals surface area contributed by atoms with E-state index < -0.39 is 10.8 Å². The Labute approximate surface area is 172 Å². The zero-order chi connectivity index (χ0) is 20.0. The average Bonchev–Trinajstić information content (AvgIpc) is 2.62. The summed E-state index contributed by atoms with van der Waals surface area (Å²) in [4.78, 5) is 22.5. The Morgan fingerprint density at radius 1 is 1.33 bits per heavy atom. The van der Waals surface area contributed by atoms with Crippen molar-refractivity contribution in [1.82, 2.24) is 0 Å². The van der Waals surface area contributed by atoms with Gasteiger partial charge in [-0.2, -0.15) is 5.26 Å². The number of nitriles is 1. The van der Waals surface area contributed by atoms with Crippen molar-refractivity contribution in [3.63, 3.8) is 0 Å². The van der Waals surface area contributed by atoms with Crippen molar-refractivity contribution >= 4 is 55.2 Å². The molecule has 0 aliphatic carbocycles. The van der Waals surface area contributed by atoms with Crippen LogP contribution in [0.5, 0.6) is 5.75 Å². The van der Waals surface area contributed by atoms with Crippen molar-refractivity contribution in [3.8, 4) is 11.8 Å². The first-order valence-corrected chi connectivity index (χ1v) is 9.23. The number of carbonyl (C=O) groups excluding carboxylic acids is 1. The van der Waals surface area contributed by atoms with E-state index in [1.807, 2.05) is 13.0 Å². The standard InChI is InChI=1S/C18H13Br2N3O4/c1-2-27-17-11(8-13(19)9-16(17)20)7-12(10-21)18(24)22-14-3-5-15(6-4-14)23(25)26/h3-9H,2H2,1H3,(H,22,24)/b12-7-. The summed E-state index contributed by atoms with van der Waals surface area (Å²) in [5, 5.41) is 22.6. The van der Waals surface area contributed by atoms with Crippen LogP contribution in [0.15, 0.2) is 50.9 Å². The Bertz CT molecular complexity index is 950. The Morgan fingerprint density at radius 3 is 2.56 bits per heavy atom. The SMILES string of the molecule is CCOc1c(Br)cc(Br)cc1/C=C(/C#N)C(=O)Nc1ccc([N+](=O)[O-])cc1. The second kappa shape index (κ2) is 9.30. The molecule has 138 valence electrons. The summed E-state index contributed by atoms with van der Waals surface area (Å²) in [7, 11) is 0. The molecule has 0 fully saturated rings. The zero-order valence-corrected chi connectivity index (χ0v) is 17.2. The highest BCUT2D eigenvalue weighted by molar-refractivity contribution is 9.11. The van der Waals surface area contributed by atoms with Crippen LogP contribution in [0, 0.1) is 21.4 Å². The van der Waals surface area contributed by atoms with Gasteiger partial charge in [-0.1, -0.05) is 15.9 Å². The number of nitrogens with one attached hydrogen (secondary N) is 1. The number of halogens is 2. The van der Waals surface area contributed by atoms with Gasteiger partial charge in [0.05, 0.1) is 16.0 Å². The lowest BCUT2D eigenvalue weighted by Crippen LogP contribution is -2.13. The molecule has 0 unspecified atom stereocenters. The van der Waals surface area contributed by atoms with Gasteiger partial charge in [0.15, 0.2) is 0 Å². The van der Waals surface area contributed by atoms with Crippen LogP contribution in [0.3, 0.4) is 0 Å². The number of rotatable bonds is 6. The van der Waals surface area contributed by atoms with Gasteiger partial charge in [0, 0.05) is 27.9 Å². The number of nitro benzene ring substituents is 1. The molecule has 9 heteroatoms. The molecule has 0 bridgehead atoms. The van der Waals surface area contributed by atoms with Crippen molar-refractivity contribution in [2.24, 2.45) is 0 Å². The Kier molecular flexibility index (Phi) is 7.10. The van der Waals surface area contributed by atoms with E-state index in [9.17, 15) is 20.2 Å². The van der Waals surface area contributed by atoms with E-state index in [1.54, 1.807) is 12.1 Å². The van der Waals surface area contributed by atoms with E-state index in [0.29, 0.717) is 28.1 Å². The third-order valence-corrected chi connectivity index (χ3v) is 4.37. The Morgan fingerprint density at radius 2 is 2.00 bits per heavy atom. The molecule has 0 radical (unpaired) electrons. The van der Waals surface area contributed by atoms with E-state index >= 15 is 0 Å². The summed E-state index contributed by atoms with van der Waals surface area (Å²) < 4.78 is 7.01. The molecule has 0 heterocycles. The van der Waals surface area contributed by atoms with Crippen molar-refractivity contribution < 1.29 is 14.5 Å². The molecule has 2 rings (SSSR count). The van der Waals surface area contributed by atoms with E-state index in [0.717, 1.165) is 4.47 Å². The van der Waals surface area contributed by atoms with Crippen LogP contribution in [-0.2, 0) is 4.79 Å². The molecule has 2 aromatic carbocycles. The van der Waals surface area contributed by atoms with Crippen molar-refractivity contribution in [2.45, 2.75) is 6.92 Å². The molecule has 0 aliphatic rings. The number of amides is 1. The molecular formula is C18H13Br2N3O4. The maximum atomic E-state index is 12.4. The number of anilines is 1. The topological polar surface area (TPSA) is 105 Å². The first-order chi connectivity index (χ1) is 12.8. The molecule has 27 heavy (non-hydrogen) atoms. The van der Waals surface area contributed by atoms with Gasteiger partial charge in [-0.25, -0.2) is 0 Å². The van der Waals surface area contributed by atoms with E-state index in [4.69, 9.17) is 4.74 Å². The number of benzene rings is 2. The van der Waals surface area contributed by atoms with Crippen LogP contribution in [0.25, 0.3) is 6.08 Å². The lowest BCUT2D eigenvalue weighted by Gasteiger charge is -2.11. The maximum Gasteiger partial charge on any atom is 0.269 e. The number of hydrogen-bond acceptors (Lipinski definition) is 5. The summed E-state index contributed by atoms with van der Waals surface area (Å²) in [5.41, 5.74) is 0.657. The Hall–Kier alpha value is -2.70. The van der Waals surface area contributed by atoms with Gasteiger partial charge in [0.2, 0.25) is 0 Å². The summed E-state index contributed by atoms with van der Waals surface area (Å²) in [6, 6.07) is 10.7. The van der Waals surface area contributed by atoms with Crippen LogP contribution in [0.2, 0.25) is 0 Å². The average molecular weight is 495 g/mol. The van der Waals surface area contributed by atoms with Gasteiger partial charge in [0.25, 0.3) is 11.6 Å². The van der Waals surface area contributed by atoms with E-state index in [-0.39, 0.29) is 11.3 Å². The normalized spacial score (nSPS) is 10.8. The summed E-state index contributed by atoms with van der Waals surface area (Å²) in [6.07, 6.45) is 1.42. The molecule has 0 saturated carbocycles. The minimum atomic E-state index is -0.634. The third-order valence-electron chi connectivity index (χ3n) is 3.33.